The average Bonchev–Trinajstić information content (AvgIpc) is 3.00. The van der Waals surface area contributed by atoms with Gasteiger partial charge in [0.1, 0.15) is 46.8 Å². The molecule has 4 aromatic carbocycles. The molecule has 2 N–H and O–H groups in total. The number of ether oxygens (including phenoxy) is 4. The number of halogens is 1. The van der Waals surface area contributed by atoms with Crippen LogP contribution < -0.4 is 24.7 Å². The van der Waals surface area contributed by atoms with Crippen LogP contribution >= 0.6 is 11.6 Å². The SMILES string of the molecule is CCCCOc1ccccc1C(=O)Oc1ccc2c(c1)OC(N)=C(C#N)C2c1cccc(OCc2ccccc2Cl)c1. The maximum atomic E-state index is 13.1. The van der Waals surface area contributed by atoms with Crippen molar-refractivity contribution in [1.29, 1.82) is 5.26 Å². The molecule has 1 aliphatic heterocycles. The van der Waals surface area contributed by atoms with Gasteiger partial charge in [-0.3, -0.25) is 0 Å². The molecular weight excluding hydrogens is 552 g/mol. The van der Waals surface area contributed by atoms with Gasteiger partial charge in [0.15, 0.2) is 0 Å². The van der Waals surface area contributed by atoms with E-state index in [2.05, 4.69) is 13.0 Å². The molecule has 8 heteroatoms. The number of allylic oxidation sites excluding steroid dienone is 1. The van der Waals surface area contributed by atoms with E-state index in [4.69, 9.17) is 36.3 Å². The summed E-state index contributed by atoms with van der Waals surface area (Å²) in [5.41, 5.74) is 9.15. The molecule has 0 bridgehead atoms. The maximum Gasteiger partial charge on any atom is 0.347 e. The van der Waals surface area contributed by atoms with Gasteiger partial charge >= 0.3 is 5.97 Å². The van der Waals surface area contributed by atoms with Crippen molar-refractivity contribution < 1.29 is 23.7 Å². The number of fused-ring (bicyclic) bond motifs is 1. The summed E-state index contributed by atoms with van der Waals surface area (Å²) in [4.78, 5) is 13.1. The third-order valence-corrected chi connectivity index (χ3v) is 7.18. The van der Waals surface area contributed by atoms with E-state index in [1.54, 1.807) is 36.4 Å². The van der Waals surface area contributed by atoms with Crippen molar-refractivity contribution in [2.45, 2.75) is 32.3 Å². The van der Waals surface area contributed by atoms with Crippen molar-refractivity contribution in [3.8, 4) is 29.1 Å². The molecule has 0 spiro atoms. The second kappa shape index (κ2) is 13.2. The van der Waals surface area contributed by atoms with E-state index in [-0.39, 0.29) is 23.8 Å². The molecule has 0 fully saturated rings. The second-order valence-corrected chi connectivity index (χ2v) is 10.1. The first-order valence-corrected chi connectivity index (χ1v) is 14.0. The fourth-order valence-electron chi connectivity index (χ4n) is 4.65. The fraction of sp³-hybridized carbons (Fsp3) is 0.176. The predicted octanol–water partition coefficient (Wildman–Crippen LogP) is 7.54. The summed E-state index contributed by atoms with van der Waals surface area (Å²) in [6.07, 6.45) is 1.86. The van der Waals surface area contributed by atoms with Crippen LogP contribution in [0.1, 0.15) is 52.7 Å². The summed E-state index contributed by atoms with van der Waals surface area (Å²) < 4.78 is 23.3. The van der Waals surface area contributed by atoms with Gasteiger partial charge in [0.2, 0.25) is 5.88 Å². The molecule has 0 saturated carbocycles. The highest BCUT2D eigenvalue weighted by molar-refractivity contribution is 6.31. The molecule has 1 atom stereocenters. The smallest absolute Gasteiger partial charge is 0.347 e. The third kappa shape index (κ3) is 6.35. The van der Waals surface area contributed by atoms with E-state index in [0.717, 1.165) is 24.0 Å². The van der Waals surface area contributed by atoms with Gasteiger partial charge in [-0.1, -0.05) is 73.5 Å². The van der Waals surface area contributed by atoms with Gasteiger partial charge in [-0.05, 0) is 48.4 Å². The molecule has 212 valence electrons. The van der Waals surface area contributed by atoms with E-state index >= 15 is 0 Å². The quantitative estimate of drug-likeness (QED) is 0.117. The van der Waals surface area contributed by atoms with Gasteiger partial charge in [0.25, 0.3) is 0 Å². The summed E-state index contributed by atoms with van der Waals surface area (Å²) in [7, 11) is 0. The van der Waals surface area contributed by atoms with Gasteiger partial charge in [-0.15, -0.1) is 0 Å². The number of nitrogens with zero attached hydrogens (tertiary/aromatic N) is 1. The molecule has 5 rings (SSSR count). The van der Waals surface area contributed by atoms with Crippen LogP contribution in [-0.2, 0) is 6.61 Å². The fourth-order valence-corrected chi connectivity index (χ4v) is 4.84. The Morgan fingerprint density at radius 3 is 2.60 bits per heavy atom. The van der Waals surface area contributed by atoms with Crippen molar-refractivity contribution in [2.24, 2.45) is 5.73 Å². The first-order valence-electron chi connectivity index (χ1n) is 13.6. The topological polar surface area (TPSA) is 104 Å². The first-order chi connectivity index (χ1) is 20.5. The molecule has 1 heterocycles. The van der Waals surface area contributed by atoms with Crippen LogP contribution in [0.15, 0.2) is 102 Å². The Morgan fingerprint density at radius 2 is 1.79 bits per heavy atom. The molecule has 1 aliphatic rings. The molecule has 0 amide bonds. The van der Waals surface area contributed by atoms with Crippen molar-refractivity contribution in [1.82, 2.24) is 0 Å². The summed E-state index contributed by atoms with van der Waals surface area (Å²) in [6.45, 7) is 2.87. The van der Waals surface area contributed by atoms with Crippen molar-refractivity contribution >= 4 is 17.6 Å². The summed E-state index contributed by atoms with van der Waals surface area (Å²) in [6, 6.07) is 29.1. The van der Waals surface area contributed by atoms with Gasteiger partial charge < -0.3 is 24.7 Å². The van der Waals surface area contributed by atoms with Crippen LogP contribution in [0.3, 0.4) is 0 Å². The zero-order valence-electron chi connectivity index (χ0n) is 23.0. The lowest BCUT2D eigenvalue weighted by atomic mass is 9.83. The van der Waals surface area contributed by atoms with Crippen LogP contribution in [-0.4, -0.2) is 12.6 Å². The number of nitrogens with two attached hydrogens (primary N) is 1. The highest BCUT2D eigenvalue weighted by Gasteiger charge is 2.31. The van der Waals surface area contributed by atoms with E-state index in [1.807, 2.05) is 54.6 Å². The number of rotatable bonds is 10. The highest BCUT2D eigenvalue weighted by atomic mass is 35.5. The number of benzene rings is 4. The van der Waals surface area contributed by atoms with Crippen LogP contribution in [0.4, 0.5) is 0 Å². The Hall–Kier alpha value is -4.93. The summed E-state index contributed by atoms with van der Waals surface area (Å²) in [5.74, 6) is 0.645. The van der Waals surface area contributed by atoms with Crippen LogP contribution in [0.2, 0.25) is 5.02 Å². The number of carbonyl (C=O) groups excluding carboxylic acids is 1. The lowest BCUT2D eigenvalue weighted by Gasteiger charge is -2.27. The molecule has 4 aromatic rings. The number of unbranched alkanes of at least 4 members (excludes halogenated alkanes) is 1. The Bertz CT molecular complexity index is 1680. The normalized spacial score (nSPS) is 13.9. The van der Waals surface area contributed by atoms with Gasteiger partial charge in [0.05, 0.1) is 12.5 Å². The maximum absolute atomic E-state index is 13.1. The second-order valence-electron chi connectivity index (χ2n) is 9.66. The summed E-state index contributed by atoms with van der Waals surface area (Å²) in [5, 5.41) is 10.6. The lowest BCUT2D eigenvalue weighted by molar-refractivity contribution is 0.0730. The zero-order valence-corrected chi connectivity index (χ0v) is 23.8. The van der Waals surface area contributed by atoms with Gasteiger partial charge in [-0.2, -0.15) is 5.26 Å². The first kappa shape index (κ1) is 28.6. The van der Waals surface area contributed by atoms with E-state index in [9.17, 15) is 10.1 Å². The third-order valence-electron chi connectivity index (χ3n) is 6.81. The Balaban J connectivity index is 1.39. The summed E-state index contributed by atoms with van der Waals surface area (Å²) >= 11 is 6.28. The Morgan fingerprint density at radius 1 is 0.976 bits per heavy atom. The van der Waals surface area contributed by atoms with E-state index in [0.29, 0.717) is 40.0 Å². The molecule has 0 radical (unpaired) electrons. The minimum atomic E-state index is -0.556. The molecule has 0 aliphatic carbocycles. The minimum absolute atomic E-state index is 0.0180. The number of hydrogen-bond acceptors (Lipinski definition) is 7. The highest BCUT2D eigenvalue weighted by Crippen LogP contribution is 2.44. The van der Waals surface area contributed by atoms with Crippen LogP contribution in [0.25, 0.3) is 0 Å². The number of para-hydroxylation sites is 1. The Kier molecular flexibility index (Phi) is 8.96. The van der Waals surface area contributed by atoms with Gasteiger partial charge in [0, 0.05) is 22.2 Å². The van der Waals surface area contributed by atoms with E-state index in [1.165, 1.54) is 0 Å². The molecule has 1 unspecified atom stereocenters. The predicted molar refractivity (Wildman–Crippen MR) is 160 cm³/mol. The standard InChI is InChI=1S/C34H29ClN2O5/c1-2-3-17-39-30-14-7-5-12-27(30)34(38)41-25-15-16-26-31(19-25)42-33(37)28(20-36)32(26)22-10-8-11-24(18-22)40-21-23-9-4-6-13-29(23)35/h4-16,18-19,32H,2-3,17,21,37H2,1H3. The van der Waals surface area contributed by atoms with Crippen LogP contribution in [0.5, 0.6) is 23.0 Å². The monoisotopic (exact) mass is 580 g/mol. The van der Waals surface area contributed by atoms with Crippen molar-refractivity contribution in [3.05, 3.63) is 130 Å². The zero-order chi connectivity index (χ0) is 29.5. The molecular formula is C34H29ClN2O5. The minimum Gasteiger partial charge on any atom is -0.493 e. The Labute approximate surface area is 249 Å². The van der Waals surface area contributed by atoms with Crippen LogP contribution in [0, 0.1) is 11.3 Å². The van der Waals surface area contributed by atoms with Crippen molar-refractivity contribution in [3.63, 3.8) is 0 Å². The molecule has 7 nitrogen and oxygen atoms in total. The largest absolute Gasteiger partial charge is 0.493 e. The molecule has 0 aromatic heterocycles. The average molecular weight is 581 g/mol. The lowest BCUT2D eigenvalue weighted by Crippen LogP contribution is -2.21. The number of nitriles is 1. The number of carbonyl (C=O) groups is 1. The number of esters is 1. The number of hydrogen-bond donors (Lipinski definition) is 1. The van der Waals surface area contributed by atoms with Gasteiger partial charge in [-0.25, -0.2) is 4.79 Å². The molecule has 0 saturated heterocycles. The van der Waals surface area contributed by atoms with Crippen molar-refractivity contribution in [2.75, 3.05) is 6.61 Å². The van der Waals surface area contributed by atoms with E-state index < -0.39 is 11.9 Å². The molecule has 42 heavy (non-hydrogen) atoms.